The van der Waals surface area contributed by atoms with Crippen LogP contribution in [0.3, 0.4) is 0 Å². The third-order valence-electron chi connectivity index (χ3n) is 3.50. The fraction of sp³-hybridized carbons (Fsp3) is 0.611. The van der Waals surface area contributed by atoms with Crippen molar-refractivity contribution in [1.82, 2.24) is 9.88 Å². The minimum Gasteiger partial charge on any atom is -0.464 e. The van der Waals surface area contributed by atoms with Gasteiger partial charge in [-0.25, -0.2) is 19.0 Å². The Morgan fingerprint density at radius 3 is 2.19 bits per heavy atom. The summed E-state index contributed by atoms with van der Waals surface area (Å²) >= 11 is 0. The number of halogens is 1. The summed E-state index contributed by atoms with van der Waals surface area (Å²) in [6, 6.07) is 1.25. The standard InChI is InChI=1S/C16H22FN3O4.C2H6/c1-16(2,3)24-15(22)20-7-5-19(6-8-20)11-9-12(17)13(18-10-11)14(21)23-4;1-2/h9-10H,5-8H2,1-4H3;1-2H3. The van der Waals surface area contributed by atoms with Gasteiger partial charge >= 0.3 is 12.1 Å². The van der Waals surface area contributed by atoms with Gasteiger partial charge in [0.2, 0.25) is 0 Å². The second-order valence-electron chi connectivity index (χ2n) is 6.47. The molecule has 7 nitrogen and oxygen atoms in total. The van der Waals surface area contributed by atoms with Crippen molar-refractivity contribution in [1.29, 1.82) is 0 Å². The summed E-state index contributed by atoms with van der Waals surface area (Å²) in [5.41, 5.74) is -0.317. The second-order valence-corrected chi connectivity index (χ2v) is 6.47. The molecule has 1 aromatic rings. The zero-order valence-corrected chi connectivity index (χ0v) is 16.3. The third-order valence-corrected chi connectivity index (χ3v) is 3.50. The lowest BCUT2D eigenvalue weighted by atomic mass is 10.2. The lowest BCUT2D eigenvalue weighted by Gasteiger charge is -2.36. The first-order valence-electron chi connectivity index (χ1n) is 8.68. The number of piperazine rings is 1. The zero-order chi connectivity index (χ0) is 19.9. The molecule has 0 spiro atoms. The molecule has 0 unspecified atom stereocenters. The van der Waals surface area contributed by atoms with E-state index in [0.717, 1.165) is 0 Å². The van der Waals surface area contributed by atoms with Gasteiger partial charge in [-0.2, -0.15) is 0 Å². The number of esters is 1. The number of hydrogen-bond donors (Lipinski definition) is 0. The Balaban J connectivity index is 0.00000163. The predicted molar refractivity (Wildman–Crippen MR) is 96.9 cm³/mol. The molecular weight excluding hydrogens is 341 g/mol. The van der Waals surface area contributed by atoms with Gasteiger partial charge < -0.3 is 19.3 Å². The number of nitrogens with zero attached hydrogens (tertiary/aromatic N) is 3. The highest BCUT2D eigenvalue weighted by Gasteiger charge is 2.26. The van der Waals surface area contributed by atoms with Gasteiger partial charge in [-0.3, -0.25) is 0 Å². The molecule has 2 rings (SSSR count). The van der Waals surface area contributed by atoms with Crippen LogP contribution in [0.15, 0.2) is 12.3 Å². The normalized spacial score (nSPS) is 14.3. The molecule has 1 amide bonds. The molecule has 1 aromatic heterocycles. The number of amides is 1. The number of anilines is 1. The first kappa shape index (κ1) is 21.7. The van der Waals surface area contributed by atoms with E-state index in [1.54, 1.807) is 4.90 Å². The topological polar surface area (TPSA) is 72.0 Å². The van der Waals surface area contributed by atoms with Crippen LogP contribution in [-0.4, -0.2) is 60.8 Å². The maximum atomic E-state index is 14.0. The average molecular weight is 369 g/mol. The van der Waals surface area contributed by atoms with Gasteiger partial charge in [0.15, 0.2) is 11.5 Å². The quantitative estimate of drug-likeness (QED) is 0.746. The Labute approximate surface area is 154 Å². The molecule has 1 fully saturated rings. The van der Waals surface area contributed by atoms with Crippen LogP contribution in [0.2, 0.25) is 0 Å². The smallest absolute Gasteiger partial charge is 0.410 e. The van der Waals surface area contributed by atoms with Crippen LogP contribution in [0.4, 0.5) is 14.9 Å². The van der Waals surface area contributed by atoms with E-state index in [9.17, 15) is 14.0 Å². The summed E-state index contributed by atoms with van der Waals surface area (Å²) < 4.78 is 23.8. The Morgan fingerprint density at radius 1 is 1.15 bits per heavy atom. The molecule has 0 aromatic carbocycles. The molecule has 1 aliphatic heterocycles. The zero-order valence-electron chi connectivity index (χ0n) is 16.3. The molecule has 0 atom stereocenters. The minimum absolute atomic E-state index is 0.339. The van der Waals surface area contributed by atoms with Gasteiger partial charge in [0.05, 0.1) is 19.0 Å². The van der Waals surface area contributed by atoms with Gasteiger partial charge in [-0.05, 0) is 20.8 Å². The number of methoxy groups -OCH3 is 1. The van der Waals surface area contributed by atoms with Gasteiger partial charge in [0.1, 0.15) is 5.60 Å². The van der Waals surface area contributed by atoms with Crippen molar-refractivity contribution >= 4 is 17.7 Å². The first-order chi connectivity index (χ1) is 12.2. The molecule has 146 valence electrons. The van der Waals surface area contributed by atoms with Crippen molar-refractivity contribution in [2.45, 2.75) is 40.2 Å². The van der Waals surface area contributed by atoms with Gasteiger partial charge in [-0.15, -0.1) is 0 Å². The van der Waals surface area contributed by atoms with Crippen molar-refractivity contribution < 1.29 is 23.5 Å². The van der Waals surface area contributed by atoms with Crippen LogP contribution in [0.5, 0.6) is 0 Å². The lowest BCUT2D eigenvalue weighted by molar-refractivity contribution is 0.0240. The number of ether oxygens (including phenoxy) is 2. The molecule has 8 heteroatoms. The lowest BCUT2D eigenvalue weighted by Crippen LogP contribution is -2.50. The van der Waals surface area contributed by atoms with Crippen molar-refractivity contribution in [3.63, 3.8) is 0 Å². The molecule has 0 radical (unpaired) electrons. The third kappa shape index (κ3) is 5.86. The summed E-state index contributed by atoms with van der Waals surface area (Å²) in [5, 5.41) is 0. The molecule has 26 heavy (non-hydrogen) atoms. The summed E-state index contributed by atoms with van der Waals surface area (Å²) in [5.74, 6) is -1.54. The molecule has 0 saturated carbocycles. The molecule has 0 aliphatic carbocycles. The van der Waals surface area contributed by atoms with Crippen molar-refractivity contribution in [3.05, 3.63) is 23.8 Å². The molecular formula is C18H28FN3O4. The van der Waals surface area contributed by atoms with E-state index >= 15 is 0 Å². The van der Waals surface area contributed by atoms with Crippen molar-refractivity contribution in [2.24, 2.45) is 0 Å². The molecule has 0 N–H and O–H groups in total. The van der Waals surface area contributed by atoms with Crippen molar-refractivity contribution in [2.75, 3.05) is 38.2 Å². The van der Waals surface area contributed by atoms with E-state index in [0.29, 0.717) is 31.9 Å². The van der Waals surface area contributed by atoms with E-state index < -0.39 is 17.4 Å². The SMILES string of the molecule is CC.COC(=O)c1ncc(N2CCN(C(=O)OC(C)(C)C)CC2)cc1F. The van der Waals surface area contributed by atoms with Crippen LogP contribution in [0.25, 0.3) is 0 Å². The predicted octanol–water partition coefficient (Wildman–Crippen LogP) is 3.09. The molecule has 1 saturated heterocycles. The Hall–Kier alpha value is -2.38. The monoisotopic (exact) mass is 369 g/mol. The fourth-order valence-corrected chi connectivity index (χ4v) is 2.32. The molecule has 2 heterocycles. The number of aromatic nitrogens is 1. The highest BCUT2D eigenvalue weighted by Crippen LogP contribution is 2.19. The number of rotatable bonds is 2. The summed E-state index contributed by atoms with van der Waals surface area (Å²) in [7, 11) is 1.17. The summed E-state index contributed by atoms with van der Waals surface area (Å²) in [6.45, 7) is 11.4. The first-order valence-corrected chi connectivity index (χ1v) is 8.68. The highest BCUT2D eigenvalue weighted by molar-refractivity contribution is 5.87. The van der Waals surface area contributed by atoms with Crippen LogP contribution >= 0.6 is 0 Å². The van der Waals surface area contributed by atoms with Crippen LogP contribution in [0.1, 0.15) is 45.1 Å². The average Bonchev–Trinajstić information content (AvgIpc) is 2.61. The fourth-order valence-electron chi connectivity index (χ4n) is 2.32. The largest absolute Gasteiger partial charge is 0.464 e. The van der Waals surface area contributed by atoms with E-state index in [4.69, 9.17) is 4.74 Å². The Bertz CT molecular complexity index is 623. The Kier molecular flexibility index (Phi) is 7.79. The maximum absolute atomic E-state index is 14.0. The van der Waals surface area contributed by atoms with E-state index in [1.165, 1.54) is 19.4 Å². The molecule has 0 bridgehead atoms. The number of pyridine rings is 1. The maximum Gasteiger partial charge on any atom is 0.410 e. The van der Waals surface area contributed by atoms with E-state index in [2.05, 4.69) is 9.72 Å². The van der Waals surface area contributed by atoms with Crippen LogP contribution in [0, 0.1) is 5.82 Å². The van der Waals surface area contributed by atoms with Crippen LogP contribution in [-0.2, 0) is 9.47 Å². The second kappa shape index (κ2) is 9.35. The summed E-state index contributed by atoms with van der Waals surface area (Å²) in [6.07, 6.45) is 1.07. The number of carbonyl (C=O) groups is 2. The van der Waals surface area contributed by atoms with Gasteiger partial charge in [-0.1, -0.05) is 13.8 Å². The van der Waals surface area contributed by atoms with E-state index in [1.807, 2.05) is 39.5 Å². The highest BCUT2D eigenvalue weighted by atomic mass is 19.1. The number of carbonyl (C=O) groups excluding carboxylic acids is 2. The van der Waals surface area contributed by atoms with E-state index in [-0.39, 0.29) is 11.8 Å². The van der Waals surface area contributed by atoms with Gasteiger partial charge in [0.25, 0.3) is 0 Å². The minimum atomic E-state index is -0.811. The van der Waals surface area contributed by atoms with Crippen LogP contribution < -0.4 is 4.90 Å². The Morgan fingerprint density at radius 2 is 1.73 bits per heavy atom. The van der Waals surface area contributed by atoms with Gasteiger partial charge in [0, 0.05) is 32.2 Å². The summed E-state index contributed by atoms with van der Waals surface area (Å²) in [4.78, 5) is 30.7. The molecule has 1 aliphatic rings. The van der Waals surface area contributed by atoms with Crippen molar-refractivity contribution in [3.8, 4) is 0 Å². The number of hydrogen-bond acceptors (Lipinski definition) is 6.